The Morgan fingerprint density at radius 1 is 1.19 bits per heavy atom. The van der Waals surface area contributed by atoms with Gasteiger partial charge in [0.25, 0.3) is 5.91 Å². The van der Waals surface area contributed by atoms with Crippen molar-refractivity contribution in [3.05, 3.63) is 76.9 Å². The summed E-state index contributed by atoms with van der Waals surface area (Å²) in [5, 5.41) is 3.22. The first-order valence-corrected chi connectivity index (χ1v) is 9.88. The number of amidine groups is 1. The fourth-order valence-corrected chi connectivity index (χ4v) is 4.09. The molecule has 0 spiro atoms. The smallest absolute Gasteiger partial charge is 0.266 e. The molecule has 3 heterocycles. The van der Waals surface area contributed by atoms with E-state index in [1.807, 2.05) is 53.9 Å². The highest BCUT2D eigenvalue weighted by Gasteiger charge is 2.30. The molecule has 0 bridgehead atoms. The van der Waals surface area contributed by atoms with Crippen molar-refractivity contribution in [1.29, 1.82) is 0 Å². The number of allylic oxidation sites excluding steroid dienone is 2. The van der Waals surface area contributed by atoms with Gasteiger partial charge in [0, 0.05) is 18.0 Å². The summed E-state index contributed by atoms with van der Waals surface area (Å²) in [6.45, 7) is 0. The molecule has 7 heteroatoms. The standard InChI is InChI=1S/C20H15N3O2S2/c1-23-18(24)17(11-5-9-15-10-6-12-25-15)27-20(23)22-19-21-16(13-26-19)14-7-3-2-4-8-14/h2-13H,1H3/b9-5+,17-11+,22-20+. The molecular formula is C20H15N3O2S2. The highest BCUT2D eigenvalue weighted by Crippen LogP contribution is 2.33. The van der Waals surface area contributed by atoms with Crippen LogP contribution < -0.4 is 0 Å². The number of thioether (sulfide) groups is 1. The minimum atomic E-state index is -0.0808. The van der Waals surface area contributed by atoms with Crippen LogP contribution in [0.5, 0.6) is 0 Å². The van der Waals surface area contributed by atoms with Crippen molar-refractivity contribution in [1.82, 2.24) is 9.88 Å². The highest BCUT2D eigenvalue weighted by molar-refractivity contribution is 8.18. The van der Waals surface area contributed by atoms with Crippen molar-refractivity contribution in [3.8, 4) is 11.3 Å². The van der Waals surface area contributed by atoms with Gasteiger partial charge in [0.15, 0.2) is 5.17 Å². The van der Waals surface area contributed by atoms with E-state index in [0.29, 0.717) is 15.2 Å². The van der Waals surface area contributed by atoms with Gasteiger partial charge in [0.05, 0.1) is 16.9 Å². The minimum Gasteiger partial charge on any atom is -0.465 e. The summed E-state index contributed by atoms with van der Waals surface area (Å²) in [5.74, 6) is 0.656. The van der Waals surface area contributed by atoms with Gasteiger partial charge >= 0.3 is 0 Å². The molecule has 1 amide bonds. The lowest BCUT2D eigenvalue weighted by molar-refractivity contribution is -0.121. The molecule has 3 aromatic rings. The number of amides is 1. The number of aliphatic imine (C=N–C) groups is 1. The summed E-state index contributed by atoms with van der Waals surface area (Å²) < 4.78 is 5.24. The van der Waals surface area contributed by atoms with Crippen molar-refractivity contribution in [2.24, 2.45) is 4.99 Å². The zero-order chi connectivity index (χ0) is 18.6. The van der Waals surface area contributed by atoms with Gasteiger partial charge in [-0.2, -0.15) is 4.99 Å². The topological polar surface area (TPSA) is 58.7 Å². The van der Waals surface area contributed by atoms with E-state index in [1.54, 1.807) is 30.4 Å². The SMILES string of the molecule is CN1C(=O)/C(=C\C=C\c2ccco2)S/C1=N/c1nc(-c2ccccc2)cs1. The molecular weight excluding hydrogens is 378 g/mol. The largest absolute Gasteiger partial charge is 0.465 e. The summed E-state index contributed by atoms with van der Waals surface area (Å²) in [5.41, 5.74) is 1.93. The van der Waals surface area contributed by atoms with E-state index in [0.717, 1.165) is 17.0 Å². The highest BCUT2D eigenvalue weighted by atomic mass is 32.2. The van der Waals surface area contributed by atoms with Gasteiger partial charge in [-0.15, -0.1) is 11.3 Å². The van der Waals surface area contributed by atoms with Crippen molar-refractivity contribution >= 4 is 45.4 Å². The average molecular weight is 393 g/mol. The second-order valence-corrected chi connectivity index (χ2v) is 7.49. The average Bonchev–Trinajstić information content (AvgIpc) is 3.42. The number of hydrogen-bond donors (Lipinski definition) is 0. The molecule has 0 saturated carbocycles. The Morgan fingerprint density at radius 2 is 2.04 bits per heavy atom. The van der Waals surface area contributed by atoms with Crippen LogP contribution in [-0.4, -0.2) is 28.0 Å². The number of nitrogens with zero attached hydrogens (tertiary/aromatic N) is 3. The Kier molecular flexibility index (Phi) is 5.04. The molecule has 0 unspecified atom stereocenters. The van der Waals surface area contributed by atoms with E-state index >= 15 is 0 Å². The Balaban J connectivity index is 1.52. The Bertz CT molecular complexity index is 1030. The number of benzene rings is 1. The summed E-state index contributed by atoms with van der Waals surface area (Å²) >= 11 is 2.79. The van der Waals surface area contributed by atoms with E-state index < -0.39 is 0 Å². The predicted molar refractivity (Wildman–Crippen MR) is 111 cm³/mol. The number of likely N-dealkylation sites (N-methyl/N-ethyl adjacent to an activating group) is 1. The van der Waals surface area contributed by atoms with Gasteiger partial charge in [0.2, 0.25) is 5.13 Å². The van der Waals surface area contributed by atoms with Crippen LogP contribution >= 0.6 is 23.1 Å². The van der Waals surface area contributed by atoms with Crippen LogP contribution in [0.4, 0.5) is 5.13 Å². The lowest BCUT2D eigenvalue weighted by Crippen LogP contribution is -2.23. The van der Waals surface area contributed by atoms with E-state index in [9.17, 15) is 4.79 Å². The molecule has 1 aliphatic heterocycles. The van der Waals surface area contributed by atoms with Crippen molar-refractivity contribution < 1.29 is 9.21 Å². The van der Waals surface area contributed by atoms with Crippen LogP contribution in [0, 0.1) is 0 Å². The number of carbonyl (C=O) groups is 1. The summed E-state index contributed by atoms with van der Waals surface area (Å²) in [6.07, 6.45) is 6.99. The number of furan rings is 1. The molecule has 1 aromatic carbocycles. The molecule has 27 heavy (non-hydrogen) atoms. The second-order valence-electron chi connectivity index (χ2n) is 5.65. The number of rotatable bonds is 4. The van der Waals surface area contributed by atoms with Crippen LogP contribution in [0.2, 0.25) is 0 Å². The van der Waals surface area contributed by atoms with Gasteiger partial charge < -0.3 is 4.42 Å². The van der Waals surface area contributed by atoms with Crippen LogP contribution in [0.15, 0.2) is 80.6 Å². The molecule has 4 rings (SSSR count). The maximum absolute atomic E-state index is 12.4. The summed E-state index contributed by atoms with van der Waals surface area (Å²) in [6, 6.07) is 13.6. The maximum Gasteiger partial charge on any atom is 0.266 e. The second kappa shape index (κ2) is 7.77. The molecule has 0 N–H and O–H groups in total. The van der Waals surface area contributed by atoms with Gasteiger partial charge in [-0.3, -0.25) is 9.69 Å². The zero-order valence-electron chi connectivity index (χ0n) is 14.4. The minimum absolute atomic E-state index is 0.0808. The predicted octanol–water partition coefficient (Wildman–Crippen LogP) is 5.19. The third-order valence-corrected chi connectivity index (χ3v) is 5.62. The third kappa shape index (κ3) is 3.94. The Morgan fingerprint density at radius 3 is 2.81 bits per heavy atom. The van der Waals surface area contributed by atoms with Crippen LogP contribution in [0.25, 0.3) is 17.3 Å². The lowest BCUT2D eigenvalue weighted by atomic mass is 10.2. The van der Waals surface area contributed by atoms with Crippen LogP contribution in [0.1, 0.15) is 5.76 Å². The number of hydrogen-bond acceptors (Lipinski definition) is 6. The molecule has 1 fully saturated rings. The number of aromatic nitrogens is 1. The van der Waals surface area contributed by atoms with E-state index in [-0.39, 0.29) is 5.91 Å². The molecule has 134 valence electrons. The van der Waals surface area contributed by atoms with Gasteiger partial charge in [-0.1, -0.05) is 36.4 Å². The molecule has 2 aromatic heterocycles. The van der Waals surface area contributed by atoms with Crippen LogP contribution in [0.3, 0.4) is 0 Å². The van der Waals surface area contributed by atoms with Gasteiger partial charge in [-0.25, -0.2) is 4.98 Å². The fraction of sp³-hybridized carbons (Fsp3) is 0.0500. The lowest BCUT2D eigenvalue weighted by Gasteiger charge is -2.05. The third-order valence-electron chi connectivity index (χ3n) is 3.81. The molecule has 0 radical (unpaired) electrons. The summed E-state index contributed by atoms with van der Waals surface area (Å²) in [4.78, 5) is 23.7. The molecule has 0 aliphatic carbocycles. The normalized spacial score (nSPS) is 17.7. The van der Waals surface area contributed by atoms with Crippen molar-refractivity contribution in [3.63, 3.8) is 0 Å². The monoisotopic (exact) mass is 393 g/mol. The van der Waals surface area contributed by atoms with E-state index in [4.69, 9.17) is 4.42 Å². The first-order chi connectivity index (χ1) is 13.2. The van der Waals surface area contributed by atoms with Crippen molar-refractivity contribution in [2.45, 2.75) is 0 Å². The maximum atomic E-state index is 12.4. The number of thiazole rings is 1. The molecule has 5 nitrogen and oxygen atoms in total. The fourth-order valence-electron chi connectivity index (χ4n) is 2.42. The Labute approximate surface area is 164 Å². The Hall–Kier alpha value is -2.90. The van der Waals surface area contributed by atoms with E-state index in [2.05, 4.69) is 9.98 Å². The molecule has 1 saturated heterocycles. The van der Waals surface area contributed by atoms with Gasteiger partial charge in [0.1, 0.15) is 5.76 Å². The molecule has 0 atom stereocenters. The first kappa shape index (κ1) is 17.5. The zero-order valence-corrected chi connectivity index (χ0v) is 16.0. The quantitative estimate of drug-likeness (QED) is 0.572. The van der Waals surface area contributed by atoms with Crippen LogP contribution in [-0.2, 0) is 4.79 Å². The molecule has 1 aliphatic rings. The van der Waals surface area contributed by atoms with Gasteiger partial charge in [-0.05, 0) is 36.0 Å². The first-order valence-electron chi connectivity index (χ1n) is 8.18. The summed E-state index contributed by atoms with van der Waals surface area (Å²) in [7, 11) is 1.72. The number of carbonyl (C=O) groups excluding carboxylic acids is 1. The van der Waals surface area contributed by atoms with Crippen molar-refractivity contribution in [2.75, 3.05) is 7.05 Å². The van der Waals surface area contributed by atoms with E-state index in [1.165, 1.54) is 23.1 Å².